The zero-order valence-electron chi connectivity index (χ0n) is 16.6. The molecule has 0 bridgehead atoms. The first-order valence-corrected chi connectivity index (χ1v) is 10.4. The Bertz CT molecular complexity index is 924. The van der Waals surface area contributed by atoms with Crippen molar-refractivity contribution in [3.8, 4) is 0 Å². The summed E-state index contributed by atoms with van der Waals surface area (Å²) in [5.41, 5.74) is -0.979. The molecule has 0 saturated carbocycles. The highest BCUT2D eigenvalue weighted by Gasteiger charge is 2.40. The maximum absolute atomic E-state index is 14.4. The fraction of sp³-hybridized carbons (Fsp3) is 0.286. The summed E-state index contributed by atoms with van der Waals surface area (Å²) in [7, 11) is -2.31. The van der Waals surface area contributed by atoms with Gasteiger partial charge in [-0.2, -0.15) is 13.2 Å². The number of rotatable bonds is 9. The Morgan fingerprint density at radius 1 is 1.16 bits per heavy atom. The van der Waals surface area contributed by atoms with E-state index in [1.54, 1.807) is 30.3 Å². The lowest BCUT2D eigenvalue weighted by atomic mass is 9.94. The van der Waals surface area contributed by atoms with Crippen LogP contribution in [0.4, 0.5) is 22.4 Å². The number of carbonyl (C=O) groups excluding carboxylic acids is 1. The standard InChI is InChI=1S/C21H22F4N2O3S/c1-3-18(21(23,24)25)27-31(29)14-20(2,16-11-7-8-12-17(16)22)26-19(28)30-13-15-9-5-4-6-10-15/h3-12,18,27H,1,13-14H2,2H3,(H,26,28)/t18?,20-,31?/m0/s1. The van der Waals surface area contributed by atoms with Crippen molar-refractivity contribution in [1.82, 2.24) is 10.0 Å². The molecule has 168 valence electrons. The molecule has 2 unspecified atom stereocenters. The number of carbonyl (C=O) groups is 1. The minimum absolute atomic E-state index is 0.0519. The van der Waals surface area contributed by atoms with Crippen LogP contribution in [0, 0.1) is 5.82 Å². The van der Waals surface area contributed by atoms with E-state index in [1.165, 1.54) is 25.1 Å². The van der Waals surface area contributed by atoms with Crippen LogP contribution in [0.25, 0.3) is 0 Å². The summed E-state index contributed by atoms with van der Waals surface area (Å²) in [6.07, 6.45) is -5.09. The molecule has 0 saturated heterocycles. The first-order valence-electron chi connectivity index (χ1n) is 9.13. The molecule has 2 aromatic carbocycles. The monoisotopic (exact) mass is 458 g/mol. The maximum Gasteiger partial charge on any atom is 0.408 e. The van der Waals surface area contributed by atoms with Crippen LogP contribution in [-0.2, 0) is 27.9 Å². The molecule has 31 heavy (non-hydrogen) atoms. The predicted molar refractivity (Wildman–Crippen MR) is 110 cm³/mol. The Kier molecular flexibility index (Phi) is 8.35. The van der Waals surface area contributed by atoms with E-state index < -0.39 is 46.4 Å². The Labute approximate surface area is 180 Å². The van der Waals surface area contributed by atoms with Crippen molar-refractivity contribution in [1.29, 1.82) is 0 Å². The van der Waals surface area contributed by atoms with Crippen LogP contribution in [0.15, 0.2) is 67.3 Å². The molecule has 0 aliphatic rings. The second kappa shape index (κ2) is 10.5. The largest absolute Gasteiger partial charge is 0.445 e. The molecular weight excluding hydrogens is 436 g/mol. The Morgan fingerprint density at radius 3 is 2.35 bits per heavy atom. The molecule has 0 heterocycles. The summed E-state index contributed by atoms with van der Waals surface area (Å²) in [5, 5.41) is 2.44. The molecule has 5 nitrogen and oxygen atoms in total. The highest BCUT2D eigenvalue weighted by atomic mass is 32.2. The van der Waals surface area contributed by atoms with Crippen molar-refractivity contribution in [3.05, 3.63) is 84.2 Å². The molecule has 0 radical (unpaired) electrons. The third-order valence-electron chi connectivity index (χ3n) is 4.33. The second-order valence-electron chi connectivity index (χ2n) is 6.86. The minimum Gasteiger partial charge on any atom is -0.445 e. The Balaban J connectivity index is 2.19. The van der Waals surface area contributed by atoms with Crippen LogP contribution in [-0.4, -0.2) is 28.3 Å². The molecule has 0 aromatic heterocycles. The number of halogens is 4. The third-order valence-corrected chi connectivity index (χ3v) is 5.68. The summed E-state index contributed by atoms with van der Waals surface area (Å²) < 4.78 is 72.8. The van der Waals surface area contributed by atoms with E-state index in [2.05, 4.69) is 11.9 Å². The molecule has 0 aliphatic carbocycles. The van der Waals surface area contributed by atoms with Crippen LogP contribution >= 0.6 is 0 Å². The first kappa shape index (κ1) is 24.5. The van der Waals surface area contributed by atoms with Crippen molar-refractivity contribution in [2.75, 3.05) is 5.75 Å². The molecule has 2 aromatic rings. The van der Waals surface area contributed by atoms with Crippen molar-refractivity contribution < 1.29 is 31.3 Å². The van der Waals surface area contributed by atoms with E-state index in [-0.39, 0.29) is 12.2 Å². The first-order chi connectivity index (χ1) is 14.5. The van der Waals surface area contributed by atoms with Gasteiger partial charge in [-0.3, -0.25) is 0 Å². The van der Waals surface area contributed by atoms with Gasteiger partial charge in [-0.1, -0.05) is 54.6 Å². The number of ether oxygens (including phenoxy) is 1. The number of benzene rings is 2. The number of hydrogen-bond acceptors (Lipinski definition) is 3. The van der Waals surface area contributed by atoms with Gasteiger partial charge in [-0.15, -0.1) is 6.58 Å². The van der Waals surface area contributed by atoms with Gasteiger partial charge in [0.2, 0.25) is 0 Å². The average molecular weight is 458 g/mol. The molecule has 0 aliphatic heterocycles. The van der Waals surface area contributed by atoms with E-state index >= 15 is 0 Å². The fourth-order valence-electron chi connectivity index (χ4n) is 2.77. The van der Waals surface area contributed by atoms with Gasteiger partial charge in [-0.05, 0) is 18.6 Å². The van der Waals surface area contributed by atoms with Gasteiger partial charge in [0, 0.05) is 5.56 Å². The van der Waals surface area contributed by atoms with Gasteiger partial charge in [0.15, 0.2) is 0 Å². The third kappa shape index (κ3) is 7.18. The number of nitrogens with one attached hydrogen (secondary N) is 2. The van der Waals surface area contributed by atoms with Crippen LogP contribution in [0.2, 0.25) is 0 Å². The van der Waals surface area contributed by atoms with Gasteiger partial charge < -0.3 is 10.1 Å². The van der Waals surface area contributed by atoms with Gasteiger partial charge in [-0.25, -0.2) is 18.1 Å². The normalized spacial score (nSPS) is 15.4. The van der Waals surface area contributed by atoms with Crippen LogP contribution in [0.3, 0.4) is 0 Å². The molecular formula is C21H22F4N2O3S. The number of alkyl halides is 3. The van der Waals surface area contributed by atoms with Gasteiger partial charge in [0.1, 0.15) is 18.5 Å². The molecule has 0 spiro atoms. The molecule has 10 heteroatoms. The van der Waals surface area contributed by atoms with Gasteiger partial charge in [0.05, 0.1) is 22.3 Å². The summed E-state index contributed by atoms with van der Waals surface area (Å²) in [5.74, 6) is -1.28. The summed E-state index contributed by atoms with van der Waals surface area (Å²) >= 11 is 0. The second-order valence-corrected chi connectivity index (χ2v) is 8.08. The SMILES string of the molecule is C=CC(NS(=O)C[C@](C)(NC(=O)OCc1ccccc1)c1ccccc1F)C(F)(F)F. The topological polar surface area (TPSA) is 67.4 Å². The number of hydrogen-bond donors (Lipinski definition) is 2. The number of alkyl carbamates (subject to hydrolysis) is 1. The highest BCUT2D eigenvalue weighted by Crippen LogP contribution is 2.26. The van der Waals surface area contributed by atoms with Crippen molar-refractivity contribution in [2.45, 2.75) is 31.3 Å². The zero-order chi connectivity index (χ0) is 23.1. The van der Waals surface area contributed by atoms with Crippen LogP contribution in [0.5, 0.6) is 0 Å². The summed E-state index contributed by atoms with van der Waals surface area (Å²) in [6, 6.07) is 11.9. The lowest BCUT2D eigenvalue weighted by Gasteiger charge is -2.31. The highest BCUT2D eigenvalue weighted by molar-refractivity contribution is 7.83. The van der Waals surface area contributed by atoms with Gasteiger partial charge >= 0.3 is 12.3 Å². The van der Waals surface area contributed by atoms with E-state index in [0.717, 1.165) is 6.07 Å². The predicted octanol–water partition coefficient (Wildman–Crippen LogP) is 4.34. The molecule has 2 rings (SSSR count). The van der Waals surface area contributed by atoms with Crippen LogP contribution < -0.4 is 10.0 Å². The fourth-order valence-corrected chi connectivity index (χ4v) is 4.12. The van der Waals surface area contributed by atoms with Crippen molar-refractivity contribution in [2.24, 2.45) is 0 Å². The van der Waals surface area contributed by atoms with E-state index in [0.29, 0.717) is 11.6 Å². The average Bonchev–Trinajstić information content (AvgIpc) is 2.70. The lowest BCUT2D eigenvalue weighted by Crippen LogP contribution is -2.51. The van der Waals surface area contributed by atoms with Crippen LogP contribution in [0.1, 0.15) is 18.1 Å². The van der Waals surface area contributed by atoms with Crippen molar-refractivity contribution in [3.63, 3.8) is 0 Å². The Morgan fingerprint density at radius 2 is 1.77 bits per heavy atom. The van der Waals surface area contributed by atoms with E-state index in [9.17, 15) is 26.6 Å². The van der Waals surface area contributed by atoms with Crippen molar-refractivity contribution >= 4 is 17.1 Å². The summed E-state index contributed by atoms with van der Waals surface area (Å²) in [6.45, 7) is 4.36. The van der Waals surface area contributed by atoms with E-state index in [4.69, 9.17) is 4.74 Å². The molecule has 0 fully saturated rings. The molecule has 3 atom stereocenters. The zero-order valence-corrected chi connectivity index (χ0v) is 17.4. The molecule has 2 N–H and O–H groups in total. The lowest BCUT2D eigenvalue weighted by molar-refractivity contribution is -0.140. The Hall–Kier alpha value is -2.72. The quantitative estimate of drug-likeness (QED) is 0.434. The minimum atomic E-state index is -4.71. The maximum atomic E-state index is 14.4. The number of amides is 1. The van der Waals surface area contributed by atoms with E-state index in [1.807, 2.05) is 4.72 Å². The summed E-state index contributed by atoms with van der Waals surface area (Å²) in [4.78, 5) is 12.4. The smallest absolute Gasteiger partial charge is 0.408 e. The molecule has 1 amide bonds. The van der Waals surface area contributed by atoms with Gasteiger partial charge in [0.25, 0.3) is 0 Å².